The Morgan fingerprint density at radius 2 is 1.07 bits per heavy atom. The second-order valence-corrected chi connectivity index (χ2v) is 28.6. The highest BCUT2D eigenvalue weighted by Gasteiger charge is 2.44. The number of aliphatic carboxylic acids is 1. The number of aromatic nitrogens is 2. The minimum atomic E-state index is -1.77. The molecule has 4 aliphatic heterocycles. The summed E-state index contributed by atoms with van der Waals surface area (Å²) in [7, 11) is 0. The number of carboxylic acids is 1. The number of carboxylic acid groups (broad SMARTS) is 1. The molecular formula is C69H108N22O16S. The number of imidazole rings is 1. The second kappa shape index (κ2) is 44.2. The van der Waals surface area contributed by atoms with Gasteiger partial charge < -0.3 is 112 Å². The van der Waals surface area contributed by atoms with Gasteiger partial charge in [0.2, 0.25) is 76.8 Å². The van der Waals surface area contributed by atoms with Crippen molar-refractivity contribution in [3.63, 3.8) is 0 Å². The van der Waals surface area contributed by atoms with Crippen LogP contribution in [-0.4, -0.2) is 266 Å². The van der Waals surface area contributed by atoms with Crippen LogP contribution in [0.15, 0.2) is 52.8 Å². The lowest BCUT2D eigenvalue weighted by atomic mass is 10.0. The van der Waals surface area contributed by atoms with Crippen LogP contribution in [0, 0.1) is 5.92 Å². The fraction of sp³-hybridized carbons (Fsp3) is 0.638. The first kappa shape index (κ1) is 86.7. The van der Waals surface area contributed by atoms with Crippen molar-refractivity contribution in [1.82, 2.24) is 77.8 Å². The van der Waals surface area contributed by atoms with Gasteiger partial charge in [0.25, 0.3) is 0 Å². The first-order valence-electron chi connectivity index (χ1n) is 36.7. The molecule has 0 saturated carbocycles. The Balaban J connectivity index is 1.10. The van der Waals surface area contributed by atoms with E-state index in [0.29, 0.717) is 49.1 Å². The maximum absolute atomic E-state index is 14.5. The molecule has 39 heteroatoms. The molecule has 596 valence electrons. The van der Waals surface area contributed by atoms with E-state index in [1.165, 1.54) is 39.0 Å². The molecule has 13 amide bonds. The molecule has 23 N–H and O–H groups in total. The number of hydrogen-bond donors (Lipinski definition) is 18. The monoisotopic (exact) mass is 1530 g/mol. The van der Waals surface area contributed by atoms with Gasteiger partial charge in [-0.15, -0.1) is 0 Å². The van der Waals surface area contributed by atoms with E-state index in [1.54, 1.807) is 44.2 Å². The Hall–Kier alpha value is -10.2. The molecule has 5 heterocycles. The van der Waals surface area contributed by atoms with Crippen LogP contribution < -0.4 is 81.8 Å². The Kier molecular flexibility index (Phi) is 35.5. The average Bonchev–Trinajstić information content (AvgIpc) is 1.65. The number of aliphatic hydroxyl groups excluding tert-OH is 1. The number of carbonyl (C=O) groups excluding carboxylic acids is 13. The maximum Gasteiger partial charge on any atom is 0.326 e. The molecule has 0 bridgehead atoms. The third-order valence-corrected chi connectivity index (χ3v) is 19.5. The van der Waals surface area contributed by atoms with E-state index >= 15 is 0 Å². The van der Waals surface area contributed by atoms with Crippen molar-refractivity contribution in [2.45, 2.75) is 208 Å². The van der Waals surface area contributed by atoms with E-state index in [-0.39, 0.29) is 153 Å². The molecule has 3 unspecified atom stereocenters. The quantitative estimate of drug-likeness (QED) is 0.0167. The number of aliphatic imine (C=N–C) groups is 2. The van der Waals surface area contributed by atoms with E-state index in [1.807, 2.05) is 6.26 Å². The molecule has 108 heavy (non-hydrogen) atoms. The van der Waals surface area contributed by atoms with Crippen molar-refractivity contribution in [3.8, 4) is 0 Å². The summed E-state index contributed by atoms with van der Waals surface area (Å²) in [5.74, 6) is -10.9. The van der Waals surface area contributed by atoms with Gasteiger partial charge in [-0.3, -0.25) is 72.3 Å². The lowest BCUT2D eigenvalue weighted by Gasteiger charge is -2.31. The number of rotatable bonds is 44. The van der Waals surface area contributed by atoms with Gasteiger partial charge in [0, 0.05) is 63.9 Å². The normalized spacial score (nSPS) is 19.0. The summed E-state index contributed by atoms with van der Waals surface area (Å²) >= 11 is 1.42. The number of aromatic amines is 1. The first-order valence-corrected chi connectivity index (χ1v) is 38.1. The lowest BCUT2D eigenvalue weighted by Crippen LogP contribution is -2.61. The third-order valence-electron chi connectivity index (χ3n) is 18.9. The van der Waals surface area contributed by atoms with Crippen molar-refractivity contribution >= 4 is 106 Å². The number of amides is 13. The van der Waals surface area contributed by atoms with E-state index in [0.717, 1.165) is 0 Å². The second-order valence-electron chi connectivity index (χ2n) is 27.6. The van der Waals surface area contributed by atoms with E-state index < -0.39 is 163 Å². The fourth-order valence-corrected chi connectivity index (χ4v) is 13.7. The molecule has 0 spiro atoms. The smallest absolute Gasteiger partial charge is 0.326 e. The van der Waals surface area contributed by atoms with Crippen LogP contribution in [-0.2, 0) is 80.0 Å². The van der Waals surface area contributed by atoms with Crippen molar-refractivity contribution in [2.75, 3.05) is 64.4 Å². The van der Waals surface area contributed by atoms with Crippen LogP contribution in [0.2, 0.25) is 0 Å². The van der Waals surface area contributed by atoms with Crippen LogP contribution >= 0.6 is 11.8 Å². The Labute approximate surface area is 630 Å². The molecular weight excluding hydrogens is 1420 g/mol. The predicted octanol–water partition coefficient (Wildman–Crippen LogP) is -5.45. The number of benzene rings is 1. The van der Waals surface area contributed by atoms with Crippen molar-refractivity contribution in [1.29, 1.82) is 0 Å². The third kappa shape index (κ3) is 27.2. The molecule has 2 aromatic rings. The molecule has 1 aromatic heterocycles. The minimum Gasteiger partial charge on any atom is -0.480 e. The zero-order valence-corrected chi connectivity index (χ0v) is 62.3. The van der Waals surface area contributed by atoms with Crippen LogP contribution in [0.25, 0.3) is 0 Å². The van der Waals surface area contributed by atoms with Crippen LogP contribution in [0.4, 0.5) is 0 Å². The number of aliphatic hydroxyl groups is 1. The van der Waals surface area contributed by atoms with Crippen molar-refractivity contribution in [2.24, 2.45) is 44.6 Å². The van der Waals surface area contributed by atoms with Gasteiger partial charge in [0.05, 0.1) is 19.5 Å². The Morgan fingerprint density at radius 1 is 0.583 bits per heavy atom. The van der Waals surface area contributed by atoms with Gasteiger partial charge in [-0.2, -0.15) is 11.8 Å². The highest BCUT2D eigenvalue weighted by Crippen LogP contribution is 2.25. The Morgan fingerprint density at radius 3 is 1.61 bits per heavy atom. The average molecular weight is 1530 g/mol. The van der Waals surface area contributed by atoms with Gasteiger partial charge in [-0.25, -0.2) is 9.78 Å². The number of thioether (sulfide) groups is 1. The molecule has 1 aromatic carbocycles. The van der Waals surface area contributed by atoms with Gasteiger partial charge >= 0.3 is 5.97 Å². The molecule has 4 saturated heterocycles. The van der Waals surface area contributed by atoms with Crippen LogP contribution in [0.3, 0.4) is 0 Å². The summed E-state index contributed by atoms with van der Waals surface area (Å²) in [5.41, 5.74) is 29.0. The zero-order chi connectivity index (χ0) is 79.0. The number of nitrogens with one attached hydrogen (secondary N) is 11. The Bertz CT molecular complexity index is 3470. The lowest BCUT2D eigenvalue weighted by molar-refractivity contribution is -0.145. The summed E-state index contributed by atoms with van der Waals surface area (Å²) in [6.07, 6.45) is 7.59. The van der Waals surface area contributed by atoms with Gasteiger partial charge in [-0.05, 0) is 133 Å². The van der Waals surface area contributed by atoms with E-state index in [4.69, 9.17) is 28.7 Å². The molecule has 4 fully saturated rings. The summed E-state index contributed by atoms with van der Waals surface area (Å²) in [5, 5.41) is 47.1. The van der Waals surface area contributed by atoms with Crippen molar-refractivity contribution < 1.29 is 77.3 Å². The molecule has 38 nitrogen and oxygen atoms in total. The SMILES string of the molecule is CSCC[C@H](NC(=O)C1CCCN1C(=O)CNC(=O)[C@H](CCCCN)NC(=O)[C@H](Cc1cnc[nH]1)NC(=O)[C@H](CO)NC(=O)[C@H](CC(C)C)NC(=O)[C@H](CCCN=C(N)N)NC(=O)C1CCCN1C(=O)[C@H](CCCN=C(N)N)NC(=O)C1CCC(=O)N1)C(=O)N1CCC[C@H]1C(=O)N[C@@H](Cc1ccccc1)C(=O)O. The number of H-pyrrole nitrogens is 1. The predicted molar refractivity (Wildman–Crippen MR) is 396 cm³/mol. The number of unbranched alkanes of at least 4 members (excludes halogenated alkanes) is 1. The number of nitrogens with zero attached hydrogens (tertiary/aromatic N) is 6. The summed E-state index contributed by atoms with van der Waals surface area (Å²) < 4.78 is 0. The molecule has 12 atom stereocenters. The number of carbonyl (C=O) groups is 14. The highest BCUT2D eigenvalue weighted by molar-refractivity contribution is 7.98. The summed E-state index contributed by atoms with van der Waals surface area (Å²) in [6, 6.07) is -6.32. The topological polar surface area (TPSA) is 593 Å². The molecule has 0 radical (unpaired) electrons. The van der Waals surface area contributed by atoms with Crippen molar-refractivity contribution in [3.05, 3.63) is 54.1 Å². The van der Waals surface area contributed by atoms with Gasteiger partial charge in [-0.1, -0.05) is 44.2 Å². The molecule has 0 aliphatic carbocycles. The largest absolute Gasteiger partial charge is 0.480 e. The first-order chi connectivity index (χ1) is 51.6. The maximum atomic E-state index is 14.5. The van der Waals surface area contributed by atoms with Crippen LogP contribution in [0.1, 0.15) is 134 Å². The van der Waals surface area contributed by atoms with Gasteiger partial charge in [0.15, 0.2) is 11.9 Å². The molecule has 6 rings (SSSR count). The van der Waals surface area contributed by atoms with E-state index in [2.05, 4.69) is 73.1 Å². The van der Waals surface area contributed by atoms with Crippen LogP contribution in [0.5, 0.6) is 0 Å². The number of nitrogens with two attached hydrogens (primary N) is 5. The van der Waals surface area contributed by atoms with E-state index in [9.17, 15) is 77.3 Å². The summed E-state index contributed by atoms with van der Waals surface area (Å²) in [6.45, 7) is 2.58. The standard InChI is InChI=1S/C69H108N22O16S/c1-39(2)32-47(85-57(96)43(17-9-26-76-68(71)72)82-63(102)52-20-12-29-90(52)65(104)45(18-10-27-77-69(73)74)83-58(97)44-22-23-54(93)80-44)59(98)88-50(37-92)61(100)86-48(34-41-35-75-38-79-41)60(99)81-42(16-7-8-25-70)56(95)78-36-55(94)89-28-11-19-51(89)62(101)84-46(24-31-108-3)66(105)91-30-13-21-53(91)64(103)87-49(67(106)107)33-40-14-5-4-6-15-40/h4-6,14-15,35,38-39,42-53,92H,7-13,16-34,36-37,70H2,1-3H3,(H,75,79)(H,78,95)(H,80,93)(H,81,99)(H,82,102)(H,83,97)(H,84,101)(H,85,96)(H,86,100)(H,87,103)(H,88,98)(H,106,107)(H4,71,72,76)(H4,73,74,77)/t42-,43-,44?,45-,46-,47-,48-,49-,50-,51?,52?,53-/m0/s1. The van der Waals surface area contributed by atoms with Gasteiger partial charge in [0.1, 0.15) is 72.5 Å². The number of likely N-dealkylation sites (tertiary alicyclic amines) is 3. The fourth-order valence-electron chi connectivity index (χ4n) is 13.3. The molecule has 4 aliphatic rings. The highest BCUT2D eigenvalue weighted by atomic mass is 32.2. The zero-order valence-electron chi connectivity index (χ0n) is 61.4. The minimum absolute atomic E-state index is 0.00585. The number of guanidine groups is 2. The number of hydrogen-bond acceptors (Lipinski definition) is 20. The summed E-state index contributed by atoms with van der Waals surface area (Å²) in [4.78, 5) is 213.